The molecule has 3 heterocycles. The number of nitrogens with zero attached hydrogens (tertiary/aromatic N) is 6. The molecule has 0 bridgehead atoms. The van der Waals surface area contributed by atoms with E-state index in [0.29, 0.717) is 0 Å². The Balaban J connectivity index is 1.49. The molecule has 1 aromatic heterocycles. The van der Waals surface area contributed by atoms with Crippen LogP contribution < -0.4 is 5.32 Å². The first kappa shape index (κ1) is 13.0. The summed E-state index contributed by atoms with van der Waals surface area (Å²) in [5.41, 5.74) is 0. The SMILES string of the molecule is CCCn1nnnc1CN1CCN(C2CNC2)CC1. The molecule has 2 fully saturated rings. The maximum atomic E-state index is 4.15. The molecule has 0 spiro atoms. The van der Waals surface area contributed by atoms with Gasteiger partial charge in [-0.25, -0.2) is 4.68 Å². The molecular weight excluding hydrogens is 242 g/mol. The molecule has 3 rings (SSSR count). The summed E-state index contributed by atoms with van der Waals surface area (Å²) in [5, 5.41) is 15.3. The lowest BCUT2D eigenvalue weighted by atomic mass is 10.1. The van der Waals surface area contributed by atoms with Crippen molar-refractivity contribution in [2.75, 3.05) is 39.3 Å². The Morgan fingerprint density at radius 1 is 1.21 bits per heavy atom. The largest absolute Gasteiger partial charge is 0.314 e. The van der Waals surface area contributed by atoms with Gasteiger partial charge in [0, 0.05) is 51.9 Å². The van der Waals surface area contributed by atoms with Crippen LogP contribution in [0.25, 0.3) is 0 Å². The van der Waals surface area contributed by atoms with Crippen LogP contribution in [-0.4, -0.2) is 75.3 Å². The zero-order valence-electron chi connectivity index (χ0n) is 11.6. The minimum atomic E-state index is 0.771. The second-order valence-electron chi connectivity index (χ2n) is 5.44. The molecule has 0 aromatic carbocycles. The predicted molar refractivity (Wildman–Crippen MR) is 71.6 cm³/mol. The van der Waals surface area contributed by atoms with E-state index in [1.165, 1.54) is 13.1 Å². The molecule has 7 heteroatoms. The second kappa shape index (κ2) is 5.94. The highest BCUT2D eigenvalue weighted by Gasteiger charge is 2.28. The van der Waals surface area contributed by atoms with Crippen molar-refractivity contribution in [1.82, 2.24) is 35.3 Å². The molecule has 2 aliphatic rings. The predicted octanol–water partition coefficient (Wildman–Crippen LogP) is -0.827. The number of piperazine rings is 1. The highest BCUT2D eigenvalue weighted by atomic mass is 15.5. The normalized spacial score (nSPS) is 22.6. The van der Waals surface area contributed by atoms with E-state index in [0.717, 1.165) is 57.6 Å². The van der Waals surface area contributed by atoms with Crippen LogP contribution in [0.4, 0.5) is 0 Å². The molecule has 7 nitrogen and oxygen atoms in total. The number of rotatable bonds is 5. The molecular formula is C12H23N7. The Morgan fingerprint density at radius 3 is 2.63 bits per heavy atom. The van der Waals surface area contributed by atoms with Gasteiger partial charge >= 0.3 is 0 Å². The van der Waals surface area contributed by atoms with Gasteiger partial charge in [-0.3, -0.25) is 9.80 Å². The zero-order chi connectivity index (χ0) is 13.1. The second-order valence-corrected chi connectivity index (χ2v) is 5.44. The van der Waals surface area contributed by atoms with Crippen molar-refractivity contribution in [2.45, 2.75) is 32.5 Å². The third kappa shape index (κ3) is 2.93. The Hall–Kier alpha value is -1.05. The molecule has 1 aromatic rings. The minimum Gasteiger partial charge on any atom is -0.314 e. The zero-order valence-corrected chi connectivity index (χ0v) is 11.6. The Labute approximate surface area is 113 Å². The standard InChI is InChI=1S/C12H23N7/c1-2-3-19-12(14-15-16-19)10-17-4-6-18(7-5-17)11-8-13-9-11/h11,13H,2-10H2,1H3. The smallest absolute Gasteiger partial charge is 0.165 e. The third-order valence-electron chi connectivity index (χ3n) is 4.09. The van der Waals surface area contributed by atoms with Crippen molar-refractivity contribution in [1.29, 1.82) is 0 Å². The summed E-state index contributed by atoms with van der Waals surface area (Å²) >= 11 is 0. The van der Waals surface area contributed by atoms with Gasteiger partial charge in [0.15, 0.2) is 5.82 Å². The molecule has 0 atom stereocenters. The van der Waals surface area contributed by atoms with Gasteiger partial charge in [-0.05, 0) is 16.8 Å². The van der Waals surface area contributed by atoms with E-state index >= 15 is 0 Å². The van der Waals surface area contributed by atoms with E-state index in [1.807, 2.05) is 4.68 Å². The Morgan fingerprint density at radius 2 is 2.00 bits per heavy atom. The quantitative estimate of drug-likeness (QED) is 0.750. The molecule has 0 unspecified atom stereocenters. The van der Waals surface area contributed by atoms with Crippen LogP contribution in [0.5, 0.6) is 0 Å². The Bertz CT molecular complexity index is 393. The molecule has 2 saturated heterocycles. The van der Waals surface area contributed by atoms with E-state index in [2.05, 4.69) is 37.6 Å². The molecule has 0 aliphatic carbocycles. The first-order chi connectivity index (χ1) is 9.36. The molecule has 1 N–H and O–H groups in total. The van der Waals surface area contributed by atoms with Crippen molar-refractivity contribution >= 4 is 0 Å². The third-order valence-corrected chi connectivity index (χ3v) is 4.09. The van der Waals surface area contributed by atoms with Crippen LogP contribution >= 0.6 is 0 Å². The highest BCUT2D eigenvalue weighted by molar-refractivity contribution is 4.89. The average Bonchev–Trinajstić information content (AvgIpc) is 2.78. The van der Waals surface area contributed by atoms with Crippen LogP contribution in [-0.2, 0) is 13.1 Å². The molecule has 2 aliphatic heterocycles. The number of aryl methyl sites for hydroxylation is 1. The van der Waals surface area contributed by atoms with Gasteiger partial charge in [0.2, 0.25) is 0 Å². The van der Waals surface area contributed by atoms with Gasteiger partial charge in [0.25, 0.3) is 0 Å². The van der Waals surface area contributed by atoms with E-state index in [4.69, 9.17) is 0 Å². The van der Waals surface area contributed by atoms with Crippen molar-refractivity contribution in [2.24, 2.45) is 0 Å². The van der Waals surface area contributed by atoms with Crippen molar-refractivity contribution < 1.29 is 0 Å². The first-order valence-corrected chi connectivity index (χ1v) is 7.29. The molecule has 0 radical (unpaired) electrons. The van der Waals surface area contributed by atoms with Gasteiger partial charge in [-0.2, -0.15) is 0 Å². The molecule has 19 heavy (non-hydrogen) atoms. The van der Waals surface area contributed by atoms with Gasteiger partial charge in [0.05, 0.1) is 6.54 Å². The maximum Gasteiger partial charge on any atom is 0.165 e. The number of tetrazole rings is 1. The van der Waals surface area contributed by atoms with Crippen LogP contribution in [0.3, 0.4) is 0 Å². The minimum absolute atomic E-state index is 0.771. The fourth-order valence-corrected chi connectivity index (χ4v) is 2.74. The van der Waals surface area contributed by atoms with Gasteiger partial charge in [0.1, 0.15) is 0 Å². The van der Waals surface area contributed by atoms with Crippen molar-refractivity contribution in [3.63, 3.8) is 0 Å². The summed E-state index contributed by atoms with van der Waals surface area (Å²) in [7, 11) is 0. The lowest BCUT2D eigenvalue weighted by Crippen LogP contribution is -2.61. The maximum absolute atomic E-state index is 4.15. The Kier molecular flexibility index (Phi) is 4.05. The van der Waals surface area contributed by atoms with E-state index in [-0.39, 0.29) is 0 Å². The van der Waals surface area contributed by atoms with Gasteiger partial charge < -0.3 is 5.32 Å². The number of nitrogens with one attached hydrogen (secondary N) is 1. The van der Waals surface area contributed by atoms with Gasteiger partial charge in [-0.15, -0.1) is 5.10 Å². The monoisotopic (exact) mass is 265 g/mol. The lowest BCUT2D eigenvalue weighted by Gasteiger charge is -2.43. The molecule has 106 valence electrons. The van der Waals surface area contributed by atoms with Crippen LogP contribution in [0.2, 0.25) is 0 Å². The van der Waals surface area contributed by atoms with E-state index in [1.54, 1.807) is 0 Å². The fraction of sp³-hybridized carbons (Fsp3) is 0.917. The van der Waals surface area contributed by atoms with E-state index < -0.39 is 0 Å². The number of aromatic nitrogens is 4. The van der Waals surface area contributed by atoms with Crippen LogP contribution in [0, 0.1) is 0 Å². The van der Waals surface area contributed by atoms with E-state index in [9.17, 15) is 0 Å². The molecule has 0 amide bonds. The summed E-state index contributed by atoms with van der Waals surface area (Å²) in [6, 6.07) is 0.771. The molecule has 0 saturated carbocycles. The van der Waals surface area contributed by atoms with Crippen molar-refractivity contribution in [3.8, 4) is 0 Å². The number of hydrogen-bond acceptors (Lipinski definition) is 6. The fourth-order valence-electron chi connectivity index (χ4n) is 2.74. The average molecular weight is 265 g/mol. The summed E-state index contributed by atoms with van der Waals surface area (Å²) in [4.78, 5) is 5.06. The topological polar surface area (TPSA) is 62.1 Å². The lowest BCUT2D eigenvalue weighted by molar-refractivity contribution is 0.0677. The number of hydrogen-bond donors (Lipinski definition) is 1. The summed E-state index contributed by atoms with van der Waals surface area (Å²) in [6.07, 6.45) is 1.07. The first-order valence-electron chi connectivity index (χ1n) is 7.29. The highest BCUT2D eigenvalue weighted by Crippen LogP contribution is 2.11. The van der Waals surface area contributed by atoms with Crippen molar-refractivity contribution in [3.05, 3.63) is 5.82 Å². The van der Waals surface area contributed by atoms with Crippen LogP contribution in [0.15, 0.2) is 0 Å². The van der Waals surface area contributed by atoms with Gasteiger partial charge in [-0.1, -0.05) is 6.92 Å². The summed E-state index contributed by atoms with van der Waals surface area (Å²) in [6.45, 7) is 10.8. The van der Waals surface area contributed by atoms with Crippen LogP contribution in [0.1, 0.15) is 19.2 Å². The summed E-state index contributed by atoms with van der Waals surface area (Å²) < 4.78 is 1.93. The summed E-state index contributed by atoms with van der Waals surface area (Å²) in [5.74, 6) is 1.00.